The van der Waals surface area contributed by atoms with E-state index in [2.05, 4.69) is 24.1 Å². The lowest BCUT2D eigenvalue weighted by molar-refractivity contribution is -0.123. The van der Waals surface area contributed by atoms with Gasteiger partial charge in [-0.05, 0) is 24.7 Å². The van der Waals surface area contributed by atoms with Crippen LogP contribution in [0.5, 0.6) is 0 Å². The molecule has 0 unspecified atom stereocenters. The van der Waals surface area contributed by atoms with Gasteiger partial charge in [0.05, 0.1) is 12.2 Å². The molecule has 0 aliphatic heterocycles. The van der Waals surface area contributed by atoms with Gasteiger partial charge < -0.3 is 5.32 Å². The second-order valence-electron chi connectivity index (χ2n) is 6.38. The van der Waals surface area contributed by atoms with E-state index in [1.54, 1.807) is 11.9 Å². The lowest BCUT2D eigenvalue weighted by Gasteiger charge is -2.13. The quantitative estimate of drug-likeness (QED) is 0.905. The van der Waals surface area contributed by atoms with Crippen molar-refractivity contribution >= 4 is 28.3 Å². The second kappa shape index (κ2) is 5.40. The van der Waals surface area contributed by atoms with E-state index >= 15 is 0 Å². The highest BCUT2D eigenvalue weighted by Crippen LogP contribution is 2.40. The van der Waals surface area contributed by atoms with Crippen molar-refractivity contribution in [3.8, 4) is 0 Å². The van der Waals surface area contributed by atoms with Crippen LogP contribution in [0.4, 0.5) is 5.13 Å². The molecular weight excluding hydrogens is 286 g/mol. The van der Waals surface area contributed by atoms with Crippen LogP contribution in [0.2, 0.25) is 0 Å². The Bertz CT molecular complexity index is 571. The van der Waals surface area contributed by atoms with Gasteiger partial charge in [-0.3, -0.25) is 14.5 Å². The maximum absolute atomic E-state index is 12.1. The van der Waals surface area contributed by atoms with Gasteiger partial charge in [-0.15, -0.1) is 11.3 Å². The van der Waals surface area contributed by atoms with E-state index in [-0.39, 0.29) is 23.7 Å². The van der Waals surface area contributed by atoms with Crippen molar-refractivity contribution in [3.63, 3.8) is 0 Å². The van der Waals surface area contributed by atoms with Crippen molar-refractivity contribution in [3.05, 3.63) is 11.1 Å². The predicted octanol–water partition coefficient (Wildman–Crippen LogP) is 2.03. The topological polar surface area (TPSA) is 62.3 Å². The number of carbonyl (C=O) groups is 2. The third kappa shape index (κ3) is 3.10. The zero-order chi connectivity index (χ0) is 15.1. The van der Waals surface area contributed by atoms with E-state index in [9.17, 15) is 9.59 Å². The van der Waals surface area contributed by atoms with Crippen LogP contribution in [0.3, 0.4) is 0 Å². The maximum Gasteiger partial charge on any atom is 0.231 e. The van der Waals surface area contributed by atoms with Crippen LogP contribution in [0.25, 0.3) is 0 Å². The number of nitrogens with one attached hydrogen (secondary N) is 1. The molecule has 1 aromatic heterocycles. The van der Waals surface area contributed by atoms with Crippen LogP contribution in [0.1, 0.15) is 32.4 Å². The van der Waals surface area contributed by atoms with E-state index in [1.165, 1.54) is 11.3 Å². The number of thiazole rings is 1. The van der Waals surface area contributed by atoms with E-state index in [4.69, 9.17) is 0 Å². The standard InChI is InChI=1S/C15H21N3O2S/c1-8-4-11(8)13(19)16-6-10-7-21-15(17-10)18(3)14(20)12-5-9(12)2/h7-9,11-12H,4-6H2,1-3H3,(H,16,19)/t8-,9+,11+,12-/m1/s1. The van der Waals surface area contributed by atoms with Crippen LogP contribution in [-0.4, -0.2) is 23.8 Å². The second-order valence-corrected chi connectivity index (χ2v) is 7.21. The Balaban J connectivity index is 1.53. The number of carbonyl (C=O) groups excluding carboxylic acids is 2. The van der Waals surface area contributed by atoms with Crippen molar-refractivity contribution in [1.29, 1.82) is 0 Å². The smallest absolute Gasteiger partial charge is 0.231 e. The Kier molecular flexibility index (Phi) is 3.73. The van der Waals surface area contributed by atoms with Crippen LogP contribution >= 0.6 is 11.3 Å². The van der Waals surface area contributed by atoms with Crippen molar-refractivity contribution in [2.45, 2.75) is 33.2 Å². The molecule has 2 fully saturated rings. The van der Waals surface area contributed by atoms with Crippen LogP contribution in [0, 0.1) is 23.7 Å². The first-order valence-corrected chi connectivity index (χ1v) is 8.35. The Hall–Kier alpha value is -1.43. The fourth-order valence-corrected chi connectivity index (χ4v) is 3.33. The van der Waals surface area contributed by atoms with Crippen molar-refractivity contribution in [2.75, 3.05) is 11.9 Å². The molecule has 21 heavy (non-hydrogen) atoms. The molecule has 2 amide bonds. The van der Waals surface area contributed by atoms with E-state index in [0.29, 0.717) is 23.5 Å². The van der Waals surface area contributed by atoms with Gasteiger partial charge in [0.25, 0.3) is 0 Å². The molecule has 0 bridgehead atoms. The summed E-state index contributed by atoms with van der Waals surface area (Å²) in [6.45, 7) is 4.63. The Labute approximate surface area is 128 Å². The average Bonchev–Trinajstić information content (AvgIpc) is 3.31. The fraction of sp³-hybridized carbons (Fsp3) is 0.667. The minimum Gasteiger partial charge on any atom is -0.350 e. The van der Waals surface area contributed by atoms with Gasteiger partial charge in [-0.2, -0.15) is 0 Å². The van der Waals surface area contributed by atoms with Crippen molar-refractivity contribution in [2.24, 2.45) is 23.7 Å². The molecule has 0 aromatic carbocycles. The number of hydrogen-bond donors (Lipinski definition) is 1. The molecule has 3 rings (SSSR count). The van der Waals surface area contributed by atoms with E-state index in [0.717, 1.165) is 18.5 Å². The van der Waals surface area contributed by atoms with Gasteiger partial charge in [-0.1, -0.05) is 13.8 Å². The first-order valence-electron chi connectivity index (χ1n) is 7.47. The molecule has 0 radical (unpaired) electrons. The Morgan fingerprint density at radius 3 is 2.52 bits per heavy atom. The molecule has 5 nitrogen and oxygen atoms in total. The van der Waals surface area contributed by atoms with Crippen LogP contribution in [0.15, 0.2) is 5.38 Å². The van der Waals surface area contributed by atoms with Gasteiger partial charge >= 0.3 is 0 Å². The van der Waals surface area contributed by atoms with Crippen molar-refractivity contribution in [1.82, 2.24) is 10.3 Å². The van der Waals surface area contributed by atoms with E-state index in [1.807, 2.05) is 5.38 Å². The minimum absolute atomic E-state index is 0.119. The minimum atomic E-state index is 0.119. The van der Waals surface area contributed by atoms with Crippen LogP contribution in [-0.2, 0) is 16.1 Å². The molecule has 0 saturated heterocycles. The SMILES string of the molecule is C[C@@H]1C[C@@H]1C(=O)NCc1csc(N(C)C(=O)[C@@H]2C[C@@H]2C)n1. The highest BCUT2D eigenvalue weighted by Gasteiger charge is 2.41. The number of nitrogens with zero attached hydrogens (tertiary/aromatic N) is 2. The first kappa shape index (κ1) is 14.5. The zero-order valence-corrected chi connectivity index (χ0v) is 13.4. The summed E-state index contributed by atoms with van der Waals surface area (Å²) in [5, 5.41) is 5.54. The normalized spacial score (nSPS) is 29.9. The molecule has 2 aliphatic carbocycles. The molecular formula is C15H21N3O2S. The van der Waals surface area contributed by atoms with Crippen LogP contribution < -0.4 is 10.2 Å². The molecule has 4 atom stereocenters. The summed E-state index contributed by atoms with van der Waals surface area (Å²) in [6.07, 6.45) is 1.97. The zero-order valence-electron chi connectivity index (χ0n) is 12.6. The highest BCUT2D eigenvalue weighted by molar-refractivity contribution is 7.14. The first-order chi connectivity index (χ1) is 9.97. The molecule has 1 N–H and O–H groups in total. The Morgan fingerprint density at radius 2 is 1.95 bits per heavy atom. The third-order valence-electron chi connectivity index (χ3n) is 4.47. The van der Waals surface area contributed by atoms with Gasteiger partial charge in [0.1, 0.15) is 0 Å². The summed E-state index contributed by atoms with van der Waals surface area (Å²) in [4.78, 5) is 30.0. The Morgan fingerprint density at radius 1 is 1.33 bits per heavy atom. The largest absolute Gasteiger partial charge is 0.350 e. The number of aromatic nitrogens is 1. The number of amides is 2. The van der Waals surface area contributed by atoms with Gasteiger partial charge in [0, 0.05) is 24.3 Å². The molecule has 2 saturated carbocycles. The molecule has 0 spiro atoms. The molecule has 1 heterocycles. The monoisotopic (exact) mass is 307 g/mol. The predicted molar refractivity (Wildman–Crippen MR) is 81.9 cm³/mol. The number of rotatable bonds is 5. The van der Waals surface area contributed by atoms with Crippen molar-refractivity contribution < 1.29 is 9.59 Å². The molecule has 114 valence electrons. The van der Waals surface area contributed by atoms with Gasteiger partial charge in [0.2, 0.25) is 11.8 Å². The summed E-state index contributed by atoms with van der Waals surface area (Å²) in [6, 6.07) is 0. The summed E-state index contributed by atoms with van der Waals surface area (Å²) >= 11 is 1.45. The number of anilines is 1. The van der Waals surface area contributed by atoms with Gasteiger partial charge in [-0.25, -0.2) is 4.98 Å². The molecule has 2 aliphatic rings. The molecule has 6 heteroatoms. The summed E-state index contributed by atoms with van der Waals surface area (Å²) in [7, 11) is 1.78. The van der Waals surface area contributed by atoms with E-state index < -0.39 is 0 Å². The third-order valence-corrected chi connectivity index (χ3v) is 5.44. The summed E-state index contributed by atoms with van der Waals surface area (Å²) in [5.74, 6) is 1.63. The maximum atomic E-state index is 12.1. The lowest BCUT2D eigenvalue weighted by Crippen LogP contribution is -2.28. The fourth-order valence-electron chi connectivity index (χ4n) is 2.54. The molecule has 1 aromatic rings. The summed E-state index contributed by atoms with van der Waals surface area (Å²) < 4.78 is 0. The highest BCUT2D eigenvalue weighted by atomic mass is 32.1. The number of hydrogen-bond acceptors (Lipinski definition) is 4. The summed E-state index contributed by atoms with van der Waals surface area (Å²) in [5.41, 5.74) is 0.820. The average molecular weight is 307 g/mol. The van der Waals surface area contributed by atoms with Gasteiger partial charge in [0.15, 0.2) is 5.13 Å². The lowest BCUT2D eigenvalue weighted by atomic mass is 10.3.